The van der Waals surface area contributed by atoms with Gasteiger partial charge in [0.05, 0.1) is 22.2 Å². The molecule has 0 saturated heterocycles. The summed E-state index contributed by atoms with van der Waals surface area (Å²) in [7, 11) is 0. The predicted octanol–water partition coefficient (Wildman–Crippen LogP) is 0.307. The molecule has 1 rings (SSSR count). The van der Waals surface area contributed by atoms with E-state index in [4.69, 9.17) is 5.11 Å². The Balaban J connectivity index is 2.59. The highest BCUT2D eigenvalue weighted by Crippen LogP contribution is 2.13. The van der Waals surface area contributed by atoms with E-state index in [1.165, 1.54) is 0 Å². The fourth-order valence-corrected chi connectivity index (χ4v) is 1.52. The molecule has 0 aromatic rings. The van der Waals surface area contributed by atoms with Gasteiger partial charge in [-0.3, -0.25) is 0 Å². The zero-order chi connectivity index (χ0) is 6.69. The van der Waals surface area contributed by atoms with Crippen molar-refractivity contribution in [2.45, 2.75) is 31.8 Å². The molecule has 2 nitrogen and oxygen atoms in total. The van der Waals surface area contributed by atoms with Crippen LogP contribution in [0.2, 0.25) is 0 Å². The monoisotopic (exact) mass is 146 g/mol. The van der Waals surface area contributed by atoms with Crippen LogP contribution in [0.3, 0.4) is 0 Å². The van der Waals surface area contributed by atoms with E-state index in [0.29, 0.717) is 11.3 Å². The highest BCUT2D eigenvalue weighted by molar-refractivity contribution is 7.66. The molecule has 0 aliphatic heterocycles. The van der Waals surface area contributed by atoms with Gasteiger partial charge in [-0.05, 0) is 19.3 Å². The van der Waals surface area contributed by atoms with Gasteiger partial charge in [0.15, 0.2) is 0 Å². The second-order valence-corrected chi connectivity index (χ2v) is 3.00. The molecule has 0 bridgehead atoms. The van der Waals surface area contributed by atoms with Crippen LogP contribution in [-0.2, 0) is 11.3 Å². The lowest BCUT2D eigenvalue weighted by molar-refractivity contribution is 0.218. The second kappa shape index (κ2) is 3.13. The lowest BCUT2D eigenvalue weighted by atomic mass is 9.98. The molecule has 1 aliphatic carbocycles. The molecule has 52 valence electrons. The Morgan fingerprint density at radius 2 is 2.33 bits per heavy atom. The van der Waals surface area contributed by atoms with Crippen molar-refractivity contribution >= 4 is 16.1 Å². The second-order valence-electron chi connectivity index (χ2n) is 2.31. The maximum atomic E-state index is 10.2. The first-order valence-electron chi connectivity index (χ1n) is 3.18. The van der Waals surface area contributed by atoms with Gasteiger partial charge in [0.25, 0.3) is 0 Å². The molecule has 0 radical (unpaired) electrons. The largest absolute Gasteiger partial charge is 0.388 e. The Labute approximate surface area is 58.0 Å². The summed E-state index contributed by atoms with van der Waals surface area (Å²) < 4.78 is 10.2. The highest BCUT2D eigenvalue weighted by atomic mass is 32.1. The third-order valence-electron chi connectivity index (χ3n) is 1.63. The Morgan fingerprint density at radius 3 is 2.78 bits per heavy atom. The van der Waals surface area contributed by atoms with Gasteiger partial charge in [-0.2, -0.15) is 0 Å². The third kappa shape index (κ3) is 1.63. The number of aliphatic hydroxyl groups is 1. The lowest BCUT2D eigenvalue weighted by Crippen LogP contribution is -2.23. The third-order valence-corrected chi connectivity index (χ3v) is 2.32. The van der Waals surface area contributed by atoms with Crippen LogP contribution in [0.5, 0.6) is 0 Å². The Morgan fingerprint density at radius 1 is 1.56 bits per heavy atom. The van der Waals surface area contributed by atoms with Crippen LogP contribution in [0.25, 0.3) is 0 Å². The molecule has 3 heteroatoms. The molecule has 0 heterocycles. The molecule has 0 aromatic carbocycles. The summed E-state index contributed by atoms with van der Waals surface area (Å²) in [6.07, 6.45) is 3.31. The molecule has 1 N–H and O–H groups in total. The van der Waals surface area contributed by atoms with E-state index >= 15 is 0 Å². The van der Waals surface area contributed by atoms with Crippen molar-refractivity contribution in [1.82, 2.24) is 0 Å². The molecule has 0 aromatic heterocycles. The van der Waals surface area contributed by atoms with Crippen molar-refractivity contribution in [3.8, 4) is 0 Å². The first kappa shape index (κ1) is 6.96. The van der Waals surface area contributed by atoms with Crippen molar-refractivity contribution in [3.05, 3.63) is 0 Å². The summed E-state index contributed by atoms with van der Waals surface area (Å²) in [6.45, 7) is 0. The smallest absolute Gasteiger partial charge is 0.0903 e. The molecule has 1 atom stereocenters. The molecular weight excluding hydrogens is 136 g/mol. The number of hydrogen-bond donors (Lipinski definition) is 1. The minimum absolute atomic E-state index is 0.416. The van der Waals surface area contributed by atoms with Gasteiger partial charge in [0, 0.05) is 0 Å². The van der Waals surface area contributed by atoms with Crippen LogP contribution in [0, 0.1) is 0 Å². The molecule has 1 aliphatic rings. The maximum Gasteiger partial charge on any atom is 0.0903 e. The summed E-state index contributed by atoms with van der Waals surface area (Å²) in [5, 5.41) is 9.11. The first-order valence-corrected chi connectivity index (χ1v) is 3.92. The standard InChI is InChI=1S/C6H10O2S/c7-5-3-1-2-4-6(5)9-8/h5,7H,1-4H2. The minimum atomic E-state index is -0.416. The highest BCUT2D eigenvalue weighted by Gasteiger charge is 2.16. The average molecular weight is 146 g/mol. The topological polar surface area (TPSA) is 37.3 Å². The lowest BCUT2D eigenvalue weighted by Gasteiger charge is -2.16. The van der Waals surface area contributed by atoms with Crippen LogP contribution in [0.15, 0.2) is 0 Å². The zero-order valence-corrected chi connectivity index (χ0v) is 5.99. The maximum absolute atomic E-state index is 10.2. The molecule has 9 heavy (non-hydrogen) atoms. The summed E-state index contributed by atoms with van der Waals surface area (Å²) in [5.41, 5.74) is 0. The quantitative estimate of drug-likeness (QED) is 0.499. The van der Waals surface area contributed by atoms with Crippen LogP contribution in [0.1, 0.15) is 25.7 Å². The van der Waals surface area contributed by atoms with E-state index in [2.05, 4.69) is 0 Å². The average Bonchev–Trinajstić information content (AvgIpc) is 1.89. The van der Waals surface area contributed by atoms with E-state index in [9.17, 15) is 4.21 Å². The van der Waals surface area contributed by atoms with Gasteiger partial charge in [0.2, 0.25) is 0 Å². The molecule has 1 fully saturated rings. The number of aliphatic hydroxyl groups excluding tert-OH is 1. The van der Waals surface area contributed by atoms with Crippen molar-refractivity contribution in [2.75, 3.05) is 0 Å². The Hall–Kier alpha value is -0.150. The van der Waals surface area contributed by atoms with E-state index in [1.54, 1.807) is 0 Å². The van der Waals surface area contributed by atoms with Crippen LogP contribution in [-0.4, -0.2) is 20.3 Å². The fourth-order valence-electron chi connectivity index (χ4n) is 1.06. The fraction of sp³-hybridized carbons (Fsp3) is 0.833. The minimum Gasteiger partial charge on any atom is -0.388 e. The zero-order valence-electron chi connectivity index (χ0n) is 5.17. The summed E-state index contributed by atoms with van der Waals surface area (Å²) in [4.78, 5) is 0.723. The van der Waals surface area contributed by atoms with E-state index in [-0.39, 0.29) is 0 Å². The van der Waals surface area contributed by atoms with Gasteiger partial charge >= 0.3 is 0 Å². The number of hydrogen-bond acceptors (Lipinski definition) is 2. The van der Waals surface area contributed by atoms with Crippen LogP contribution >= 0.6 is 0 Å². The van der Waals surface area contributed by atoms with Crippen molar-refractivity contribution in [1.29, 1.82) is 0 Å². The van der Waals surface area contributed by atoms with E-state index in [1.807, 2.05) is 0 Å². The van der Waals surface area contributed by atoms with E-state index < -0.39 is 6.10 Å². The van der Waals surface area contributed by atoms with E-state index in [0.717, 1.165) is 30.5 Å². The number of rotatable bonds is 0. The Kier molecular flexibility index (Phi) is 2.42. The molecule has 0 amide bonds. The van der Waals surface area contributed by atoms with Crippen LogP contribution < -0.4 is 0 Å². The van der Waals surface area contributed by atoms with Gasteiger partial charge in [-0.25, -0.2) is 4.21 Å². The van der Waals surface area contributed by atoms with Gasteiger partial charge in [-0.15, -0.1) is 0 Å². The SMILES string of the molecule is O=S=C1CCCCC1O. The van der Waals surface area contributed by atoms with Gasteiger partial charge in [0.1, 0.15) is 0 Å². The van der Waals surface area contributed by atoms with Crippen LogP contribution in [0.4, 0.5) is 0 Å². The van der Waals surface area contributed by atoms with Crippen molar-refractivity contribution in [3.63, 3.8) is 0 Å². The summed E-state index contributed by atoms with van der Waals surface area (Å²) in [5.74, 6) is 0. The summed E-state index contributed by atoms with van der Waals surface area (Å²) in [6, 6.07) is 0. The van der Waals surface area contributed by atoms with Gasteiger partial charge < -0.3 is 5.11 Å². The molecule has 1 saturated carbocycles. The molecular formula is C6H10O2S. The van der Waals surface area contributed by atoms with Gasteiger partial charge in [-0.1, -0.05) is 6.42 Å². The first-order chi connectivity index (χ1) is 4.34. The predicted molar refractivity (Wildman–Crippen MR) is 37.6 cm³/mol. The normalized spacial score (nSPS) is 28.1. The van der Waals surface area contributed by atoms with Crippen molar-refractivity contribution in [2.24, 2.45) is 0 Å². The summed E-state index contributed by atoms with van der Waals surface area (Å²) >= 11 is 0.471. The molecule has 0 spiro atoms. The molecule has 1 unspecified atom stereocenters. The van der Waals surface area contributed by atoms with Crippen molar-refractivity contribution < 1.29 is 9.32 Å². The Bertz CT molecular complexity index is 149.